The lowest BCUT2D eigenvalue weighted by Crippen LogP contribution is -2.50. The van der Waals surface area contributed by atoms with Crippen molar-refractivity contribution in [1.82, 2.24) is 20.4 Å². The molecular formula is C23H40N4O5. The molecule has 2 fully saturated rings. The lowest BCUT2D eigenvalue weighted by atomic mass is 9.91. The molecule has 182 valence electrons. The van der Waals surface area contributed by atoms with E-state index in [0.717, 1.165) is 19.3 Å². The second kappa shape index (κ2) is 12.1. The third kappa shape index (κ3) is 8.31. The van der Waals surface area contributed by atoms with Crippen molar-refractivity contribution in [2.75, 3.05) is 39.3 Å². The van der Waals surface area contributed by atoms with Gasteiger partial charge in [0.25, 0.3) is 0 Å². The Bertz CT molecular complexity index is 668. The molecule has 9 heteroatoms. The molecule has 2 N–H and O–H groups in total. The number of alkyl carbamates (subject to hydrolysis) is 1. The van der Waals surface area contributed by atoms with Crippen molar-refractivity contribution in [1.29, 1.82) is 0 Å². The summed E-state index contributed by atoms with van der Waals surface area (Å²) in [5.41, 5.74) is -0.562. The van der Waals surface area contributed by atoms with E-state index in [-0.39, 0.29) is 36.1 Å². The summed E-state index contributed by atoms with van der Waals surface area (Å²) in [6.45, 7) is 10.3. The van der Waals surface area contributed by atoms with Gasteiger partial charge in [0.1, 0.15) is 5.60 Å². The number of carbonyl (C=O) groups excluding carboxylic acids is 4. The first-order valence-corrected chi connectivity index (χ1v) is 11.9. The van der Waals surface area contributed by atoms with Gasteiger partial charge in [-0.05, 0) is 52.9 Å². The van der Waals surface area contributed by atoms with Crippen molar-refractivity contribution in [3.05, 3.63) is 0 Å². The van der Waals surface area contributed by atoms with Gasteiger partial charge in [-0.15, -0.1) is 0 Å². The minimum absolute atomic E-state index is 0.0690. The molecular weight excluding hydrogens is 412 g/mol. The molecule has 1 atom stereocenters. The zero-order chi connectivity index (χ0) is 23.7. The maximum Gasteiger partial charge on any atom is 0.407 e. The highest BCUT2D eigenvalue weighted by atomic mass is 16.6. The second-order valence-electron chi connectivity index (χ2n) is 9.75. The van der Waals surface area contributed by atoms with Crippen LogP contribution in [0.25, 0.3) is 0 Å². The molecule has 1 unspecified atom stereocenters. The number of ether oxygens (including phenoxy) is 1. The van der Waals surface area contributed by atoms with Gasteiger partial charge >= 0.3 is 6.09 Å². The summed E-state index contributed by atoms with van der Waals surface area (Å²) in [5, 5.41) is 5.47. The zero-order valence-corrected chi connectivity index (χ0v) is 20.1. The van der Waals surface area contributed by atoms with Crippen LogP contribution < -0.4 is 10.6 Å². The number of rotatable bonds is 7. The van der Waals surface area contributed by atoms with Crippen LogP contribution in [0.15, 0.2) is 0 Å². The second-order valence-corrected chi connectivity index (χ2v) is 9.75. The number of hydrogen-bond acceptors (Lipinski definition) is 5. The summed E-state index contributed by atoms with van der Waals surface area (Å²) in [5.74, 6) is -0.111. The average Bonchev–Trinajstić information content (AvgIpc) is 2.75. The summed E-state index contributed by atoms with van der Waals surface area (Å²) in [7, 11) is 0. The van der Waals surface area contributed by atoms with Crippen LogP contribution in [0.4, 0.5) is 4.79 Å². The van der Waals surface area contributed by atoms with Crippen LogP contribution in [0.1, 0.15) is 66.2 Å². The van der Waals surface area contributed by atoms with E-state index in [2.05, 4.69) is 10.6 Å². The first-order chi connectivity index (χ1) is 15.1. The van der Waals surface area contributed by atoms with Gasteiger partial charge in [-0.3, -0.25) is 14.4 Å². The summed E-state index contributed by atoms with van der Waals surface area (Å²) < 4.78 is 5.16. The number of hydrogen-bond donors (Lipinski definition) is 2. The van der Waals surface area contributed by atoms with E-state index in [1.54, 1.807) is 20.8 Å². The molecule has 0 aromatic rings. The molecule has 2 rings (SSSR count). The maximum absolute atomic E-state index is 13.0. The van der Waals surface area contributed by atoms with E-state index >= 15 is 0 Å². The fourth-order valence-corrected chi connectivity index (χ4v) is 4.21. The van der Waals surface area contributed by atoms with Gasteiger partial charge in [0, 0.05) is 51.6 Å². The predicted molar refractivity (Wildman–Crippen MR) is 121 cm³/mol. The molecule has 0 aromatic carbocycles. The first kappa shape index (κ1) is 25.9. The smallest absolute Gasteiger partial charge is 0.407 e. The summed E-state index contributed by atoms with van der Waals surface area (Å²) in [6, 6.07) is 0. The lowest BCUT2D eigenvalue weighted by molar-refractivity contribution is -0.143. The topological polar surface area (TPSA) is 108 Å². The lowest BCUT2D eigenvalue weighted by Gasteiger charge is -2.37. The van der Waals surface area contributed by atoms with E-state index in [9.17, 15) is 19.2 Å². The van der Waals surface area contributed by atoms with Crippen molar-refractivity contribution < 1.29 is 23.9 Å². The van der Waals surface area contributed by atoms with Gasteiger partial charge < -0.3 is 25.2 Å². The van der Waals surface area contributed by atoms with E-state index in [4.69, 9.17) is 4.74 Å². The van der Waals surface area contributed by atoms with Crippen LogP contribution in [0.2, 0.25) is 0 Å². The van der Waals surface area contributed by atoms with Gasteiger partial charge in [0.05, 0.1) is 5.92 Å². The average molecular weight is 453 g/mol. The Hall–Kier alpha value is -2.32. The molecule has 0 bridgehead atoms. The van der Waals surface area contributed by atoms with Crippen molar-refractivity contribution in [2.24, 2.45) is 11.8 Å². The number of nitrogens with zero attached hydrogens (tertiary/aromatic N) is 2. The molecule has 0 saturated carbocycles. The third-order valence-electron chi connectivity index (χ3n) is 5.86. The van der Waals surface area contributed by atoms with Crippen molar-refractivity contribution in [3.8, 4) is 0 Å². The molecule has 0 radical (unpaired) electrons. The molecule has 2 aliphatic rings. The van der Waals surface area contributed by atoms with Crippen LogP contribution >= 0.6 is 0 Å². The summed E-state index contributed by atoms with van der Waals surface area (Å²) in [4.78, 5) is 53.0. The van der Waals surface area contributed by atoms with Crippen LogP contribution in [0.3, 0.4) is 0 Å². The highest BCUT2D eigenvalue weighted by molar-refractivity contribution is 5.83. The van der Waals surface area contributed by atoms with Gasteiger partial charge in [-0.2, -0.15) is 0 Å². The first-order valence-electron chi connectivity index (χ1n) is 11.9. The highest BCUT2D eigenvalue weighted by Crippen LogP contribution is 2.24. The van der Waals surface area contributed by atoms with Gasteiger partial charge in [-0.1, -0.05) is 6.92 Å². The standard InChI is InChI=1S/C23H40N4O5/c1-5-7-19(28)26-14-9-17(10-15-26)21(30)27-13-6-8-18(16-27)20(29)24-11-12-25-22(31)32-23(2,3)4/h17-18H,5-16H2,1-4H3,(H,24,29)(H,25,31). The minimum Gasteiger partial charge on any atom is -0.444 e. The number of piperidine rings is 2. The van der Waals surface area contributed by atoms with E-state index in [1.165, 1.54) is 0 Å². The molecule has 0 aliphatic carbocycles. The predicted octanol–water partition coefficient (Wildman–Crippen LogP) is 1.90. The Morgan fingerprint density at radius 3 is 2.19 bits per heavy atom. The molecule has 4 amide bonds. The molecule has 2 saturated heterocycles. The maximum atomic E-state index is 13.0. The van der Waals surface area contributed by atoms with Crippen LogP contribution in [0.5, 0.6) is 0 Å². The van der Waals surface area contributed by atoms with E-state index < -0.39 is 11.7 Å². The number of likely N-dealkylation sites (tertiary alicyclic amines) is 2. The molecule has 0 aromatic heterocycles. The molecule has 2 aliphatic heterocycles. The molecule has 9 nitrogen and oxygen atoms in total. The van der Waals surface area contributed by atoms with E-state index in [0.29, 0.717) is 52.0 Å². The number of carbonyl (C=O) groups is 4. The van der Waals surface area contributed by atoms with Crippen molar-refractivity contribution in [2.45, 2.75) is 71.8 Å². The molecule has 0 spiro atoms. The van der Waals surface area contributed by atoms with Crippen molar-refractivity contribution >= 4 is 23.8 Å². The Morgan fingerprint density at radius 2 is 1.56 bits per heavy atom. The third-order valence-corrected chi connectivity index (χ3v) is 5.86. The summed E-state index contributed by atoms with van der Waals surface area (Å²) in [6.07, 6.45) is 3.83. The SMILES string of the molecule is CCCC(=O)N1CCC(C(=O)N2CCCC(C(=O)NCCNC(=O)OC(C)(C)C)C2)CC1. The van der Waals surface area contributed by atoms with Crippen molar-refractivity contribution in [3.63, 3.8) is 0 Å². The quantitative estimate of drug-likeness (QED) is 0.574. The zero-order valence-electron chi connectivity index (χ0n) is 20.1. The monoisotopic (exact) mass is 452 g/mol. The largest absolute Gasteiger partial charge is 0.444 e. The molecule has 2 heterocycles. The highest BCUT2D eigenvalue weighted by Gasteiger charge is 2.34. The normalized spacial score (nSPS) is 19.9. The minimum atomic E-state index is -0.562. The fraction of sp³-hybridized carbons (Fsp3) is 0.826. The van der Waals surface area contributed by atoms with E-state index in [1.807, 2.05) is 16.7 Å². The van der Waals surface area contributed by atoms with Crippen LogP contribution in [-0.2, 0) is 19.1 Å². The number of nitrogens with one attached hydrogen (secondary N) is 2. The van der Waals surface area contributed by atoms with Gasteiger partial charge in [0.2, 0.25) is 17.7 Å². The number of amides is 4. The molecule has 32 heavy (non-hydrogen) atoms. The Morgan fingerprint density at radius 1 is 0.906 bits per heavy atom. The Labute approximate surface area is 191 Å². The van der Waals surface area contributed by atoms with Gasteiger partial charge in [-0.25, -0.2) is 4.79 Å². The Balaban J connectivity index is 1.72. The fourth-order valence-electron chi connectivity index (χ4n) is 4.21. The van der Waals surface area contributed by atoms with Crippen LogP contribution in [-0.4, -0.2) is 78.5 Å². The Kier molecular flexibility index (Phi) is 9.78. The van der Waals surface area contributed by atoms with Gasteiger partial charge in [0.15, 0.2) is 0 Å². The summed E-state index contributed by atoms with van der Waals surface area (Å²) >= 11 is 0. The van der Waals surface area contributed by atoms with Crippen LogP contribution in [0, 0.1) is 11.8 Å².